The molecule has 7 nitrogen and oxygen atoms in total. The number of hydrogen-bond acceptors (Lipinski definition) is 5. The minimum Gasteiger partial charge on any atom is -0.478 e. The number of carbonyl (C=O) groups excluding carboxylic acids is 1. The van der Waals surface area contributed by atoms with Gasteiger partial charge in [-0.2, -0.15) is 0 Å². The number of nitrogens with zero attached hydrogens (tertiary/aromatic N) is 2. The van der Waals surface area contributed by atoms with Crippen molar-refractivity contribution in [3.63, 3.8) is 0 Å². The highest BCUT2D eigenvalue weighted by atomic mass is 35.5. The van der Waals surface area contributed by atoms with Crippen molar-refractivity contribution in [3.8, 4) is 22.9 Å². The fourth-order valence-electron chi connectivity index (χ4n) is 3.31. The van der Waals surface area contributed by atoms with Gasteiger partial charge in [0.25, 0.3) is 5.91 Å². The third-order valence-corrected chi connectivity index (χ3v) is 5.28. The molecule has 1 atom stereocenters. The Morgan fingerprint density at radius 1 is 1.00 bits per heavy atom. The van der Waals surface area contributed by atoms with E-state index in [0.717, 1.165) is 16.8 Å². The van der Waals surface area contributed by atoms with Crippen molar-refractivity contribution >= 4 is 23.5 Å². The van der Waals surface area contributed by atoms with Crippen LogP contribution in [-0.2, 0) is 0 Å². The molecule has 0 aliphatic heterocycles. The van der Waals surface area contributed by atoms with Gasteiger partial charge in [-0.3, -0.25) is 9.78 Å². The number of carboxylic acid groups (broad SMARTS) is 1. The molecule has 0 saturated heterocycles. The average Bonchev–Trinajstić information content (AvgIpc) is 2.86. The molecule has 4 aromatic rings. The van der Waals surface area contributed by atoms with Gasteiger partial charge in [-0.25, -0.2) is 9.78 Å². The zero-order chi connectivity index (χ0) is 24.1. The molecular weight excluding hydrogens is 454 g/mol. The number of pyridine rings is 2. The van der Waals surface area contributed by atoms with Gasteiger partial charge in [0, 0.05) is 18.0 Å². The van der Waals surface area contributed by atoms with Crippen molar-refractivity contribution in [1.29, 1.82) is 0 Å². The van der Waals surface area contributed by atoms with Gasteiger partial charge >= 0.3 is 5.97 Å². The topological polar surface area (TPSA) is 101 Å². The van der Waals surface area contributed by atoms with E-state index in [0.29, 0.717) is 10.8 Å². The predicted octanol–water partition coefficient (Wildman–Crippen LogP) is 5.78. The van der Waals surface area contributed by atoms with Gasteiger partial charge in [-0.1, -0.05) is 41.9 Å². The number of amides is 1. The van der Waals surface area contributed by atoms with Crippen molar-refractivity contribution < 1.29 is 19.4 Å². The summed E-state index contributed by atoms with van der Waals surface area (Å²) in [6, 6.07) is 20.3. The van der Waals surface area contributed by atoms with Gasteiger partial charge in [-0.15, -0.1) is 0 Å². The molecule has 0 aliphatic carbocycles. The molecule has 2 aromatic carbocycles. The summed E-state index contributed by atoms with van der Waals surface area (Å²) in [6.45, 7) is 1.79. The number of carbonyl (C=O) groups is 2. The number of ether oxygens (including phenoxy) is 1. The van der Waals surface area contributed by atoms with Crippen molar-refractivity contribution in [3.05, 3.63) is 107 Å². The van der Waals surface area contributed by atoms with Crippen molar-refractivity contribution in [2.45, 2.75) is 13.0 Å². The standard InChI is InChI=1S/C26H20ClN3O4/c1-16(17-8-10-18(11-9-17)26(32)33)30-24(31)22-14-20(27)15-29-25(22)34-21-6-4-5-19(13-21)23-7-2-3-12-28-23/h2-16H,1H3,(H,30,31)(H,32,33). The molecule has 1 unspecified atom stereocenters. The molecule has 0 bridgehead atoms. The predicted molar refractivity (Wildman–Crippen MR) is 128 cm³/mol. The zero-order valence-corrected chi connectivity index (χ0v) is 18.9. The first-order valence-electron chi connectivity index (χ1n) is 10.4. The molecule has 8 heteroatoms. The molecule has 170 valence electrons. The van der Waals surface area contributed by atoms with Crippen molar-refractivity contribution in [1.82, 2.24) is 15.3 Å². The van der Waals surface area contributed by atoms with Gasteiger partial charge < -0.3 is 15.2 Å². The molecule has 2 N–H and O–H groups in total. The van der Waals surface area contributed by atoms with Crippen LogP contribution in [0.3, 0.4) is 0 Å². The van der Waals surface area contributed by atoms with Crippen LogP contribution in [0.1, 0.15) is 39.2 Å². The zero-order valence-electron chi connectivity index (χ0n) is 18.1. The molecule has 2 aromatic heterocycles. The molecule has 0 fully saturated rings. The van der Waals surface area contributed by atoms with E-state index < -0.39 is 17.9 Å². The molecule has 1 amide bonds. The first-order valence-corrected chi connectivity index (χ1v) is 10.8. The summed E-state index contributed by atoms with van der Waals surface area (Å²) < 4.78 is 5.95. The Balaban J connectivity index is 1.55. The third kappa shape index (κ3) is 5.39. The summed E-state index contributed by atoms with van der Waals surface area (Å²) in [4.78, 5) is 32.7. The normalized spacial score (nSPS) is 11.5. The number of benzene rings is 2. The van der Waals surface area contributed by atoms with Crippen LogP contribution in [0.25, 0.3) is 11.3 Å². The first-order chi connectivity index (χ1) is 16.4. The molecule has 0 aliphatic rings. The van der Waals surface area contributed by atoms with Gasteiger partial charge in [0.15, 0.2) is 0 Å². The third-order valence-electron chi connectivity index (χ3n) is 5.08. The number of carboxylic acids is 1. The second kappa shape index (κ2) is 10.1. The van der Waals surface area contributed by atoms with Crippen LogP contribution >= 0.6 is 11.6 Å². The van der Waals surface area contributed by atoms with E-state index in [-0.39, 0.29) is 17.0 Å². The fraction of sp³-hybridized carbons (Fsp3) is 0.0769. The Kier molecular flexibility index (Phi) is 6.85. The number of aromatic carboxylic acids is 1. The lowest BCUT2D eigenvalue weighted by atomic mass is 10.1. The Morgan fingerprint density at radius 3 is 2.50 bits per heavy atom. The van der Waals surface area contributed by atoms with Crippen molar-refractivity contribution in [2.75, 3.05) is 0 Å². The number of nitrogens with one attached hydrogen (secondary N) is 1. The molecule has 2 heterocycles. The average molecular weight is 474 g/mol. The van der Waals surface area contributed by atoms with Gasteiger partial charge in [0.1, 0.15) is 11.3 Å². The van der Waals surface area contributed by atoms with Crippen LogP contribution in [-0.4, -0.2) is 27.0 Å². The Bertz CT molecular complexity index is 1330. The summed E-state index contributed by atoms with van der Waals surface area (Å²) in [5.74, 6) is -0.847. The number of hydrogen-bond donors (Lipinski definition) is 2. The molecular formula is C26H20ClN3O4. The number of aromatic nitrogens is 2. The smallest absolute Gasteiger partial charge is 0.335 e. The van der Waals surface area contributed by atoms with Crippen LogP contribution in [0.4, 0.5) is 0 Å². The lowest BCUT2D eigenvalue weighted by Crippen LogP contribution is -2.27. The number of rotatable bonds is 7. The maximum Gasteiger partial charge on any atom is 0.335 e. The van der Waals surface area contributed by atoms with Gasteiger partial charge in [0.05, 0.1) is 22.3 Å². The molecule has 0 radical (unpaired) electrons. The van der Waals surface area contributed by atoms with Crippen LogP contribution in [0, 0.1) is 0 Å². The van der Waals surface area contributed by atoms with E-state index in [1.54, 1.807) is 31.3 Å². The Morgan fingerprint density at radius 2 is 1.79 bits per heavy atom. The van der Waals surface area contributed by atoms with E-state index in [4.69, 9.17) is 21.4 Å². The molecule has 0 saturated carbocycles. The maximum atomic E-state index is 13.1. The van der Waals surface area contributed by atoms with Crippen molar-refractivity contribution in [2.24, 2.45) is 0 Å². The first kappa shape index (κ1) is 22.9. The highest BCUT2D eigenvalue weighted by Gasteiger charge is 2.19. The Hall–Kier alpha value is -4.23. The lowest BCUT2D eigenvalue weighted by Gasteiger charge is -2.16. The van der Waals surface area contributed by atoms with Gasteiger partial charge in [-0.05, 0) is 55.0 Å². The minimum absolute atomic E-state index is 0.105. The van der Waals surface area contributed by atoms with E-state index in [9.17, 15) is 9.59 Å². The highest BCUT2D eigenvalue weighted by molar-refractivity contribution is 6.30. The summed E-state index contributed by atoms with van der Waals surface area (Å²) in [6.07, 6.45) is 3.12. The number of halogens is 1. The van der Waals surface area contributed by atoms with Gasteiger partial charge in [0.2, 0.25) is 5.88 Å². The Labute approximate surface area is 201 Å². The lowest BCUT2D eigenvalue weighted by molar-refractivity contribution is 0.0696. The summed E-state index contributed by atoms with van der Waals surface area (Å²) in [5, 5.41) is 12.2. The largest absolute Gasteiger partial charge is 0.478 e. The second-order valence-electron chi connectivity index (χ2n) is 7.47. The second-order valence-corrected chi connectivity index (χ2v) is 7.91. The summed E-state index contributed by atoms with van der Waals surface area (Å²) in [5.41, 5.74) is 2.74. The minimum atomic E-state index is -1.01. The maximum absolute atomic E-state index is 13.1. The summed E-state index contributed by atoms with van der Waals surface area (Å²) >= 11 is 6.11. The van der Waals surface area contributed by atoms with Crippen LogP contribution in [0.15, 0.2) is 85.2 Å². The SMILES string of the molecule is CC(NC(=O)c1cc(Cl)cnc1Oc1cccc(-c2ccccn2)c1)c1ccc(C(=O)O)cc1. The summed E-state index contributed by atoms with van der Waals surface area (Å²) in [7, 11) is 0. The van der Waals surface area contributed by atoms with E-state index in [1.807, 2.05) is 36.4 Å². The van der Waals surface area contributed by atoms with Crippen LogP contribution in [0.5, 0.6) is 11.6 Å². The van der Waals surface area contributed by atoms with E-state index in [1.165, 1.54) is 24.4 Å². The van der Waals surface area contributed by atoms with E-state index >= 15 is 0 Å². The fourth-order valence-corrected chi connectivity index (χ4v) is 3.46. The monoisotopic (exact) mass is 473 g/mol. The molecule has 4 rings (SSSR count). The van der Waals surface area contributed by atoms with Crippen LogP contribution < -0.4 is 10.1 Å². The molecule has 0 spiro atoms. The van der Waals surface area contributed by atoms with Crippen LogP contribution in [0.2, 0.25) is 5.02 Å². The van der Waals surface area contributed by atoms with E-state index in [2.05, 4.69) is 15.3 Å². The quantitative estimate of drug-likeness (QED) is 0.353. The molecule has 34 heavy (non-hydrogen) atoms. The highest BCUT2D eigenvalue weighted by Crippen LogP contribution is 2.29.